The van der Waals surface area contributed by atoms with Crippen molar-refractivity contribution in [2.45, 2.75) is 104 Å². The number of carbonyl (C=O) groups excluding carboxylic acids is 2. The third-order valence-corrected chi connectivity index (χ3v) is 10.0. The molecular weight excluding hydrogens is 688 g/mol. The minimum atomic E-state index is -0.399. The second-order valence-corrected chi connectivity index (χ2v) is 14.3. The van der Waals surface area contributed by atoms with Crippen molar-refractivity contribution in [2.24, 2.45) is 23.7 Å². The van der Waals surface area contributed by atoms with Gasteiger partial charge in [-0.25, -0.2) is 0 Å². The van der Waals surface area contributed by atoms with Gasteiger partial charge >= 0.3 is 11.9 Å². The number of ether oxygens (including phenoxy) is 8. The molecule has 3 saturated carbocycles. The number of fused-ring (bicyclic) bond motifs is 5. The molecule has 0 saturated heterocycles. The molecule has 10 nitrogen and oxygen atoms in total. The second-order valence-electron chi connectivity index (χ2n) is 14.3. The highest BCUT2D eigenvalue weighted by atomic mass is 16.6. The first kappa shape index (κ1) is 45.2. The molecule has 0 amide bonds. The van der Waals surface area contributed by atoms with Crippen LogP contribution in [0, 0.1) is 23.7 Å². The fourth-order valence-corrected chi connectivity index (χ4v) is 7.67. The SMILES string of the molecule is C1CC2C3CCC(C3)C2C1.CCOCCCCOCC(COc1ccccc1)OC(C)=O.CCOCCCCOCC(COc1ccccc1)OC(C)=O. The number of para-hydroxylation sites is 2. The number of hydrogen-bond acceptors (Lipinski definition) is 10. The summed E-state index contributed by atoms with van der Waals surface area (Å²) in [6.07, 6.45) is 12.5. The number of esters is 2. The number of carbonyl (C=O) groups is 2. The molecule has 0 N–H and O–H groups in total. The zero-order valence-electron chi connectivity index (χ0n) is 33.5. The van der Waals surface area contributed by atoms with E-state index in [2.05, 4.69) is 0 Å². The average molecular weight is 757 g/mol. The Kier molecular flexibility index (Phi) is 23.7. The summed E-state index contributed by atoms with van der Waals surface area (Å²) in [5.41, 5.74) is 0. The molecule has 2 aromatic carbocycles. The van der Waals surface area contributed by atoms with E-state index in [4.69, 9.17) is 37.9 Å². The predicted octanol–water partition coefficient (Wildman–Crippen LogP) is 8.49. The van der Waals surface area contributed by atoms with Crippen LogP contribution in [0.4, 0.5) is 0 Å². The van der Waals surface area contributed by atoms with Crippen LogP contribution >= 0.6 is 0 Å². The van der Waals surface area contributed by atoms with E-state index in [-0.39, 0.29) is 25.2 Å². The lowest BCUT2D eigenvalue weighted by molar-refractivity contribution is -0.152. The van der Waals surface area contributed by atoms with Gasteiger partial charge in [0.15, 0.2) is 12.2 Å². The number of unbranched alkanes of at least 4 members (excludes halogenated alkanes) is 2. The monoisotopic (exact) mass is 756 g/mol. The molecule has 54 heavy (non-hydrogen) atoms. The van der Waals surface area contributed by atoms with Crippen LogP contribution in [-0.4, -0.2) is 90.2 Å². The van der Waals surface area contributed by atoms with E-state index >= 15 is 0 Å². The summed E-state index contributed by atoms with van der Waals surface area (Å²) in [6, 6.07) is 18.9. The Morgan fingerprint density at radius 3 is 1.31 bits per heavy atom. The topological polar surface area (TPSA) is 108 Å². The molecule has 6 unspecified atom stereocenters. The van der Waals surface area contributed by atoms with E-state index in [0.717, 1.165) is 63.6 Å². The molecule has 0 aromatic heterocycles. The Morgan fingerprint density at radius 2 is 0.944 bits per heavy atom. The maximum atomic E-state index is 11.1. The van der Waals surface area contributed by atoms with E-state index in [1.165, 1.54) is 37.5 Å². The van der Waals surface area contributed by atoms with E-state index in [1.807, 2.05) is 74.5 Å². The summed E-state index contributed by atoms with van der Waals surface area (Å²) >= 11 is 0. The molecule has 3 aliphatic rings. The maximum absolute atomic E-state index is 11.1. The van der Waals surface area contributed by atoms with Crippen LogP contribution in [-0.2, 0) is 38.0 Å². The van der Waals surface area contributed by atoms with E-state index in [1.54, 1.807) is 38.5 Å². The van der Waals surface area contributed by atoms with Crippen molar-refractivity contribution in [3.63, 3.8) is 0 Å². The van der Waals surface area contributed by atoms with Gasteiger partial charge in [0.1, 0.15) is 24.7 Å². The highest BCUT2D eigenvalue weighted by molar-refractivity contribution is 5.66. The van der Waals surface area contributed by atoms with Gasteiger partial charge in [0, 0.05) is 53.5 Å². The molecule has 5 rings (SSSR count). The van der Waals surface area contributed by atoms with Gasteiger partial charge in [0.2, 0.25) is 0 Å². The van der Waals surface area contributed by atoms with Crippen LogP contribution in [0.2, 0.25) is 0 Å². The van der Waals surface area contributed by atoms with Gasteiger partial charge in [0.05, 0.1) is 13.2 Å². The van der Waals surface area contributed by atoms with E-state index in [9.17, 15) is 9.59 Å². The van der Waals surface area contributed by atoms with Crippen molar-refractivity contribution in [2.75, 3.05) is 66.1 Å². The number of benzene rings is 2. The van der Waals surface area contributed by atoms with Gasteiger partial charge in [0.25, 0.3) is 0 Å². The minimum absolute atomic E-state index is 0.280. The fourth-order valence-electron chi connectivity index (χ4n) is 7.67. The quantitative estimate of drug-likeness (QED) is 0.0765. The van der Waals surface area contributed by atoms with Gasteiger partial charge in [-0.1, -0.05) is 42.8 Å². The van der Waals surface area contributed by atoms with Gasteiger partial charge in [-0.2, -0.15) is 0 Å². The maximum Gasteiger partial charge on any atom is 0.303 e. The van der Waals surface area contributed by atoms with Crippen molar-refractivity contribution >= 4 is 11.9 Å². The minimum Gasteiger partial charge on any atom is -0.490 e. The van der Waals surface area contributed by atoms with Crippen molar-refractivity contribution in [3.05, 3.63) is 60.7 Å². The summed E-state index contributed by atoms with van der Waals surface area (Å²) in [5, 5.41) is 0. The summed E-state index contributed by atoms with van der Waals surface area (Å²) in [7, 11) is 0. The highest BCUT2D eigenvalue weighted by Gasteiger charge is 2.48. The Balaban J connectivity index is 0.000000231. The summed E-state index contributed by atoms with van der Waals surface area (Å²) < 4.78 is 43.2. The Morgan fingerprint density at radius 1 is 0.556 bits per heavy atom. The molecular formula is C44H68O10. The Labute approximate surface area is 324 Å². The standard InChI is InChI=1S/2C17H26O5.C10H16/c2*1-3-19-11-7-8-12-20-13-17(22-15(2)18)14-21-16-9-5-4-6-10-16;1-2-9-7-4-5-8(6-7)10(9)3-1/h2*4-6,9-10,17H,3,7-8,11-14H2,1-2H3;7-10H,1-6H2. The first-order chi connectivity index (χ1) is 26.4. The molecule has 10 heteroatoms. The highest BCUT2D eigenvalue weighted by Crippen LogP contribution is 2.58. The third kappa shape index (κ3) is 19.4. The summed E-state index contributed by atoms with van der Waals surface area (Å²) in [5.74, 6) is 5.63. The van der Waals surface area contributed by atoms with Crippen LogP contribution in [0.15, 0.2) is 60.7 Å². The van der Waals surface area contributed by atoms with Crippen LogP contribution in [0.5, 0.6) is 11.5 Å². The second kappa shape index (κ2) is 28.3. The van der Waals surface area contributed by atoms with E-state index < -0.39 is 12.2 Å². The Bertz CT molecular complexity index is 1130. The van der Waals surface area contributed by atoms with Gasteiger partial charge in [-0.3, -0.25) is 9.59 Å². The van der Waals surface area contributed by atoms with Gasteiger partial charge < -0.3 is 37.9 Å². The Hall–Kier alpha value is -3.18. The molecule has 3 aliphatic carbocycles. The van der Waals surface area contributed by atoms with Gasteiger partial charge in [-0.05, 0) is 120 Å². The van der Waals surface area contributed by atoms with Crippen molar-refractivity contribution in [3.8, 4) is 11.5 Å². The largest absolute Gasteiger partial charge is 0.490 e. The third-order valence-electron chi connectivity index (χ3n) is 10.0. The lowest BCUT2D eigenvalue weighted by Crippen LogP contribution is -2.29. The molecule has 304 valence electrons. The first-order valence-corrected chi connectivity index (χ1v) is 20.4. The molecule has 0 heterocycles. The lowest BCUT2D eigenvalue weighted by atomic mass is 9.82. The molecule has 2 aromatic rings. The molecule has 3 fully saturated rings. The van der Waals surface area contributed by atoms with Crippen LogP contribution < -0.4 is 9.47 Å². The number of hydrogen-bond donors (Lipinski definition) is 0. The number of rotatable bonds is 24. The fraction of sp³-hybridized carbons (Fsp3) is 0.682. The predicted molar refractivity (Wildman–Crippen MR) is 210 cm³/mol. The smallest absolute Gasteiger partial charge is 0.303 e. The zero-order chi connectivity index (χ0) is 38.6. The zero-order valence-corrected chi connectivity index (χ0v) is 33.5. The van der Waals surface area contributed by atoms with Crippen LogP contribution in [0.25, 0.3) is 0 Å². The molecule has 2 bridgehead atoms. The van der Waals surface area contributed by atoms with Crippen LogP contribution in [0.3, 0.4) is 0 Å². The molecule has 0 radical (unpaired) electrons. The van der Waals surface area contributed by atoms with Crippen molar-refractivity contribution in [1.82, 2.24) is 0 Å². The summed E-state index contributed by atoms with van der Waals surface area (Å²) in [4.78, 5) is 22.2. The normalized spacial score (nSPS) is 20.4. The van der Waals surface area contributed by atoms with Crippen LogP contribution in [0.1, 0.15) is 91.9 Å². The van der Waals surface area contributed by atoms with Gasteiger partial charge in [-0.15, -0.1) is 0 Å². The average Bonchev–Trinajstić information content (AvgIpc) is 3.94. The first-order valence-electron chi connectivity index (χ1n) is 20.4. The van der Waals surface area contributed by atoms with E-state index in [0.29, 0.717) is 26.4 Å². The van der Waals surface area contributed by atoms with Crippen molar-refractivity contribution < 1.29 is 47.5 Å². The van der Waals surface area contributed by atoms with Crippen molar-refractivity contribution in [1.29, 1.82) is 0 Å². The molecule has 6 atom stereocenters. The molecule has 0 aliphatic heterocycles. The molecule has 0 spiro atoms. The lowest BCUT2D eigenvalue weighted by Gasteiger charge is -2.23. The summed E-state index contributed by atoms with van der Waals surface area (Å²) in [6.45, 7) is 12.2.